The van der Waals surface area contributed by atoms with Crippen LogP contribution >= 0.6 is 0 Å². The van der Waals surface area contributed by atoms with Crippen LogP contribution < -0.4 is 5.73 Å². The second-order valence-electron chi connectivity index (χ2n) is 3.14. The molecule has 0 fully saturated rings. The molecule has 74 valence electrons. The Bertz CT molecular complexity index is 283. The third kappa shape index (κ3) is 2.52. The van der Waals surface area contributed by atoms with E-state index in [1.54, 1.807) is 19.9 Å². The molecule has 0 aliphatic carbocycles. The smallest absolute Gasteiger partial charge is 0.253 e. The summed E-state index contributed by atoms with van der Waals surface area (Å²) in [7, 11) is 0. The maximum atomic E-state index is 12.1. The third-order valence-electron chi connectivity index (χ3n) is 1.92. The lowest BCUT2D eigenvalue weighted by Gasteiger charge is -2.08. The molecule has 13 heavy (non-hydrogen) atoms. The van der Waals surface area contributed by atoms with Gasteiger partial charge >= 0.3 is 0 Å². The van der Waals surface area contributed by atoms with Crippen molar-refractivity contribution < 1.29 is 13.2 Å². The van der Waals surface area contributed by atoms with Crippen molar-refractivity contribution in [2.24, 2.45) is 5.73 Å². The summed E-state index contributed by atoms with van der Waals surface area (Å²) in [6.45, 7) is 3.53. The zero-order valence-electron chi connectivity index (χ0n) is 7.68. The molecule has 1 atom stereocenters. The van der Waals surface area contributed by atoms with Crippen LogP contribution in [0.3, 0.4) is 0 Å². The Hall–Kier alpha value is -0.900. The standard InChI is InChI=1S/C9H13F2NO/c1-5-3-7(6(2)13-5)4-8(12)9(10)11/h3,8-9H,4,12H2,1-2H3. The maximum absolute atomic E-state index is 12.1. The van der Waals surface area contributed by atoms with E-state index in [4.69, 9.17) is 10.2 Å². The molecule has 0 aliphatic rings. The van der Waals surface area contributed by atoms with Crippen molar-refractivity contribution in [3.63, 3.8) is 0 Å². The molecule has 2 N–H and O–H groups in total. The largest absolute Gasteiger partial charge is 0.466 e. The van der Waals surface area contributed by atoms with Crippen molar-refractivity contribution in [2.75, 3.05) is 0 Å². The molecule has 4 heteroatoms. The van der Waals surface area contributed by atoms with Gasteiger partial charge in [0, 0.05) is 0 Å². The van der Waals surface area contributed by atoms with Crippen LogP contribution in [0.5, 0.6) is 0 Å². The summed E-state index contributed by atoms with van der Waals surface area (Å²) in [4.78, 5) is 0. The Morgan fingerprint density at radius 1 is 1.46 bits per heavy atom. The first kappa shape index (κ1) is 10.2. The minimum Gasteiger partial charge on any atom is -0.466 e. The zero-order chi connectivity index (χ0) is 10.0. The second kappa shape index (κ2) is 3.87. The second-order valence-corrected chi connectivity index (χ2v) is 3.14. The molecule has 1 heterocycles. The first-order valence-corrected chi connectivity index (χ1v) is 4.10. The van der Waals surface area contributed by atoms with Crippen molar-refractivity contribution in [1.82, 2.24) is 0 Å². The molecule has 0 bridgehead atoms. The summed E-state index contributed by atoms with van der Waals surface area (Å²) in [5.41, 5.74) is 6.00. The quantitative estimate of drug-likeness (QED) is 0.790. The van der Waals surface area contributed by atoms with Gasteiger partial charge < -0.3 is 10.2 Å². The first-order chi connectivity index (χ1) is 6.00. The minimum atomic E-state index is -2.48. The van der Waals surface area contributed by atoms with Crippen molar-refractivity contribution in [2.45, 2.75) is 32.7 Å². The molecule has 0 saturated heterocycles. The molecule has 1 rings (SSSR count). The topological polar surface area (TPSA) is 39.2 Å². The van der Waals surface area contributed by atoms with Gasteiger partial charge in [0.15, 0.2) is 0 Å². The van der Waals surface area contributed by atoms with Crippen LogP contribution in [0.2, 0.25) is 0 Å². The normalized spacial score (nSPS) is 13.7. The molecule has 0 saturated carbocycles. The van der Waals surface area contributed by atoms with Gasteiger partial charge in [-0.1, -0.05) is 0 Å². The lowest BCUT2D eigenvalue weighted by molar-refractivity contribution is 0.116. The molecule has 0 radical (unpaired) electrons. The van der Waals surface area contributed by atoms with E-state index in [0.717, 1.165) is 11.3 Å². The maximum Gasteiger partial charge on any atom is 0.253 e. The number of furan rings is 1. The number of halogens is 2. The average molecular weight is 189 g/mol. The number of hydrogen-bond acceptors (Lipinski definition) is 2. The minimum absolute atomic E-state index is 0.167. The van der Waals surface area contributed by atoms with Crippen molar-refractivity contribution in [3.8, 4) is 0 Å². The molecule has 0 spiro atoms. The predicted octanol–water partition coefficient (Wildman–Crippen LogP) is 2.03. The highest BCUT2D eigenvalue weighted by molar-refractivity contribution is 5.21. The molecular formula is C9H13F2NO. The van der Waals surface area contributed by atoms with Gasteiger partial charge in [-0.05, 0) is 31.9 Å². The highest BCUT2D eigenvalue weighted by Gasteiger charge is 2.17. The predicted molar refractivity (Wildman–Crippen MR) is 45.9 cm³/mol. The lowest BCUT2D eigenvalue weighted by atomic mass is 10.1. The van der Waals surface area contributed by atoms with E-state index in [-0.39, 0.29) is 6.42 Å². The molecule has 0 aliphatic heterocycles. The Kier molecular flexibility index (Phi) is 3.03. The highest BCUT2D eigenvalue weighted by atomic mass is 19.3. The third-order valence-corrected chi connectivity index (χ3v) is 1.92. The van der Waals surface area contributed by atoms with Gasteiger partial charge in [-0.25, -0.2) is 8.78 Å². The van der Waals surface area contributed by atoms with Gasteiger partial charge in [0.25, 0.3) is 6.43 Å². The molecule has 1 aromatic heterocycles. The lowest BCUT2D eigenvalue weighted by Crippen LogP contribution is -2.30. The molecular weight excluding hydrogens is 176 g/mol. The van der Waals surface area contributed by atoms with Crippen molar-refractivity contribution in [1.29, 1.82) is 0 Å². The Morgan fingerprint density at radius 3 is 2.46 bits per heavy atom. The monoisotopic (exact) mass is 189 g/mol. The number of hydrogen-bond donors (Lipinski definition) is 1. The van der Waals surface area contributed by atoms with Crippen LogP contribution in [0.15, 0.2) is 10.5 Å². The van der Waals surface area contributed by atoms with Crippen LogP contribution in [0, 0.1) is 13.8 Å². The number of nitrogens with two attached hydrogens (primary N) is 1. The van der Waals surface area contributed by atoms with Crippen LogP contribution in [0.25, 0.3) is 0 Å². The summed E-state index contributed by atoms with van der Waals surface area (Å²) in [5.74, 6) is 1.41. The summed E-state index contributed by atoms with van der Waals surface area (Å²) in [5, 5.41) is 0. The summed E-state index contributed by atoms with van der Waals surface area (Å²) < 4.78 is 29.4. The van der Waals surface area contributed by atoms with Crippen LogP contribution in [-0.2, 0) is 6.42 Å². The fourth-order valence-corrected chi connectivity index (χ4v) is 1.23. The van der Waals surface area contributed by atoms with E-state index in [1.165, 1.54) is 0 Å². The summed E-state index contributed by atoms with van der Waals surface area (Å²) in [6, 6.07) is 0.646. The van der Waals surface area contributed by atoms with Gasteiger partial charge in [-0.3, -0.25) is 0 Å². The number of aryl methyl sites for hydroxylation is 2. The number of alkyl halides is 2. The van der Waals surface area contributed by atoms with Crippen LogP contribution in [-0.4, -0.2) is 12.5 Å². The molecule has 0 amide bonds. The van der Waals surface area contributed by atoms with Gasteiger partial charge in [0.1, 0.15) is 11.5 Å². The zero-order valence-corrected chi connectivity index (χ0v) is 7.68. The Labute approximate surface area is 75.7 Å². The summed E-state index contributed by atoms with van der Waals surface area (Å²) >= 11 is 0. The van der Waals surface area contributed by atoms with E-state index in [9.17, 15) is 8.78 Å². The van der Waals surface area contributed by atoms with E-state index < -0.39 is 12.5 Å². The van der Waals surface area contributed by atoms with Gasteiger partial charge in [-0.15, -0.1) is 0 Å². The van der Waals surface area contributed by atoms with E-state index in [1.807, 2.05) is 0 Å². The number of rotatable bonds is 3. The van der Waals surface area contributed by atoms with Crippen LogP contribution in [0.4, 0.5) is 8.78 Å². The SMILES string of the molecule is Cc1cc(CC(N)C(F)F)c(C)o1. The average Bonchev–Trinajstić information content (AvgIpc) is 2.30. The summed E-state index contributed by atoms with van der Waals surface area (Å²) in [6.07, 6.45) is -2.31. The molecule has 0 aromatic carbocycles. The van der Waals surface area contributed by atoms with E-state index in [0.29, 0.717) is 5.76 Å². The van der Waals surface area contributed by atoms with Gasteiger partial charge in [0.2, 0.25) is 0 Å². The van der Waals surface area contributed by atoms with Crippen molar-refractivity contribution in [3.05, 3.63) is 23.2 Å². The fraction of sp³-hybridized carbons (Fsp3) is 0.556. The van der Waals surface area contributed by atoms with Crippen molar-refractivity contribution >= 4 is 0 Å². The Balaban J connectivity index is 2.68. The van der Waals surface area contributed by atoms with E-state index >= 15 is 0 Å². The van der Waals surface area contributed by atoms with Gasteiger partial charge in [0.05, 0.1) is 6.04 Å². The van der Waals surface area contributed by atoms with Gasteiger partial charge in [-0.2, -0.15) is 0 Å². The molecule has 1 aromatic rings. The highest BCUT2D eigenvalue weighted by Crippen LogP contribution is 2.16. The molecule has 2 nitrogen and oxygen atoms in total. The molecule has 1 unspecified atom stereocenters. The van der Waals surface area contributed by atoms with Crippen LogP contribution in [0.1, 0.15) is 17.1 Å². The first-order valence-electron chi connectivity index (χ1n) is 4.10. The van der Waals surface area contributed by atoms with E-state index in [2.05, 4.69) is 0 Å². The fourth-order valence-electron chi connectivity index (χ4n) is 1.23. The Morgan fingerprint density at radius 2 is 2.08 bits per heavy atom.